The summed E-state index contributed by atoms with van der Waals surface area (Å²) in [6.07, 6.45) is 6.18. The van der Waals surface area contributed by atoms with Crippen molar-refractivity contribution in [2.75, 3.05) is 11.4 Å². The molecule has 7 rings (SSSR count). The maximum Gasteiger partial charge on any atom is 0.197 e. The van der Waals surface area contributed by atoms with Gasteiger partial charge in [0, 0.05) is 40.7 Å². The summed E-state index contributed by atoms with van der Waals surface area (Å²) in [5, 5.41) is 1.35. The Kier molecular flexibility index (Phi) is 5.78. The van der Waals surface area contributed by atoms with Crippen LogP contribution in [0.2, 0.25) is 0 Å². The molecule has 0 spiro atoms. The summed E-state index contributed by atoms with van der Waals surface area (Å²) < 4.78 is 2.20. The molecule has 2 aliphatic rings. The van der Waals surface area contributed by atoms with Gasteiger partial charge in [0.15, 0.2) is 11.2 Å². The summed E-state index contributed by atoms with van der Waals surface area (Å²) in [4.78, 5) is 30.6. The Morgan fingerprint density at radius 2 is 1.45 bits per heavy atom. The number of pyridine rings is 1. The molecular weight excluding hydrogens is 492 g/mol. The van der Waals surface area contributed by atoms with Crippen LogP contribution in [0.1, 0.15) is 29.8 Å². The monoisotopic (exact) mass is 522 g/mol. The normalized spacial score (nSPS) is 18.1. The molecule has 4 heteroatoms. The van der Waals surface area contributed by atoms with E-state index in [-0.39, 0.29) is 23.2 Å². The highest BCUT2D eigenvalue weighted by molar-refractivity contribution is 6.12. The predicted octanol–water partition coefficient (Wildman–Crippen LogP) is 7.50. The first-order valence-electron chi connectivity index (χ1n) is 14.1. The largest absolute Gasteiger partial charge is 0.363 e. The number of likely N-dealkylation sites (N-methyl/N-ethyl adjacent to an activating group) is 1. The first kappa shape index (κ1) is 24.3. The smallest absolute Gasteiger partial charge is 0.197 e. The molecule has 1 aromatic heterocycles. The van der Waals surface area contributed by atoms with Gasteiger partial charge in [0.2, 0.25) is 0 Å². The fourth-order valence-electron chi connectivity index (χ4n) is 6.74. The molecule has 2 heterocycles. The van der Waals surface area contributed by atoms with E-state index in [1.807, 2.05) is 72.8 Å². The van der Waals surface area contributed by atoms with Crippen molar-refractivity contribution in [3.8, 4) is 11.1 Å². The molecule has 1 aliphatic heterocycles. The van der Waals surface area contributed by atoms with E-state index in [4.69, 9.17) is 0 Å². The molecular formula is C36H30N2O2. The Morgan fingerprint density at radius 1 is 0.725 bits per heavy atom. The molecule has 0 fully saturated rings. The number of rotatable bonds is 4. The van der Waals surface area contributed by atoms with Crippen LogP contribution >= 0.6 is 0 Å². The minimum Gasteiger partial charge on any atom is -0.363 e. The van der Waals surface area contributed by atoms with Gasteiger partial charge in [0.05, 0.1) is 23.0 Å². The average molecular weight is 523 g/mol. The third kappa shape index (κ3) is 3.52. The lowest BCUT2D eigenvalue weighted by atomic mass is 9.76. The molecule has 4 nitrogen and oxygen atoms in total. The number of ketones is 1. The summed E-state index contributed by atoms with van der Waals surface area (Å²) in [6.45, 7) is 5.62. The summed E-state index contributed by atoms with van der Waals surface area (Å²) >= 11 is 0. The molecule has 0 N–H and O–H groups in total. The van der Waals surface area contributed by atoms with Gasteiger partial charge in [0.1, 0.15) is 0 Å². The summed E-state index contributed by atoms with van der Waals surface area (Å²) in [5.41, 5.74) is 7.59. The molecule has 2 unspecified atom stereocenters. The maximum atomic E-state index is 14.2. The third-order valence-electron chi connectivity index (χ3n) is 8.52. The zero-order chi connectivity index (χ0) is 27.4. The van der Waals surface area contributed by atoms with Gasteiger partial charge in [-0.05, 0) is 48.7 Å². The standard InChI is InChI=1S/C36H30N2O2/c1-3-37-31-21-30-32(22-29(31)35(39)27-19-11-17-25(33(27)37)23-13-7-5-8-14-23)38(4-2)34-26(24-15-9-6-10-16-24)18-12-20-28(34)36(30)40/h5-22,27,33H,3-4H2,1-2H3. The molecule has 0 saturated carbocycles. The molecule has 196 valence electrons. The number of allylic oxidation sites excluding steroid dienone is 2. The predicted molar refractivity (Wildman–Crippen MR) is 165 cm³/mol. The highest BCUT2D eigenvalue weighted by atomic mass is 16.1. The van der Waals surface area contributed by atoms with Crippen molar-refractivity contribution < 1.29 is 4.79 Å². The molecule has 2 atom stereocenters. The maximum absolute atomic E-state index is 14.2. The number of aryl methyl sites for hydroxylation is 1. The van der Waals surface area contributed by atoms with E-state index in [1.165, 1.54) is 0 Å². The van der Waals surface area contributed by atoms with Gasteiger partial charge in [-0.15, -0.1) is 0 Å². The Balaban J connectivity index is 1.51. The van der Waals surface area contributed by atoms with E-state index in [1.54, 1.807) is 0 Å². The number of fused-ring (bicyclic) bond motifs is 4. The van der Waals surface area contributed by atoms with Crippen LogP contribution < -0.4 is 10.3 Å². The third-order valence-corrected chi connectivity index (χ3v) is 8.52. The number of hydrogen-bond donors (Lipinski definition) is 0. The van der Waals surface area contributed by atoms with Crippen LogP contribution in [0.5, 0.6) is 0 Å². The van der Waals surface area contributed by atoms with Crippen molar-refractivity contribution in [1.82, 2.24) is 4.57 Å². The van der Waals surface area contributed by atoms with Crippen LogP contribution in [-0.4, -0.2) is 22.9 Å². The van der Waals surface area contributed by atoms with E-state index < -0.39 is 0 Å². The highest BCUT2D eigenvalue weighted by Crippen LogP contribution is 2.43. The van der Waals surface area contributed by atoms with Gasteiger partial charge in [-0.3, -0.25) is 9.59 Å². The van der Waals surface area contributed by atoms with Crippen molar-refractivity contribution in [3.63, 3.8) is 0 Å². The van der Waals surface area contributed by atoms with Crippen molar-refractivity contribution in [2.24, 2.45) is 5.92 Å². The van der Waals surface area contributed by atoms with Crippen LogP contribution in [0.15, 0.2) is 114 Å². The average Bonchev–Trinajstić information content (AvgIpc) is 3.01. The van der Waals surface area contributed by atoms with Gasteiger partial charge in [-0.25, -0.2) is 0 Å². The SMILES string of the molecule is CCN1c2cc3c(=O)c4cccc(-c5ccccc5)c4n(CC)c3cc2C(=O)C2C=CC=C(c3ccccc3)C21. The first-order chi connectivity index (χ1) is 19.6. The molecule has 1 aliphatic carbocycles. The molecule has 0 amide bonds. The molecule has 0 saturated heterocycles. The van der Waals surface area contributed by atoms with Gasteiger partial charge in [0.25, 0.3) is 0 Å². The number of anilines is 1. The number of nitrogens with zero attached hydrogens (tertiary/aromatic N) is 2. The number of carbonyl (C=O) groups excluding carboxylic acids is 1. The van der Waals surface area contributed by atoms with Crippen LogP contribution in [0, 0.1) is 5.92 Å². The van der Waals surface area contributed by atoms with Gasteiger partial charge >= 0.3 is 0 Å². The van der Waals surface area contributed by atoms with Crippen molar-refractivity contribution in [2.45, 2.75) is 26.4 Å². The Hall–Kier alpha value is -4.70. The van der Waals surface area contributed by atoms with Gasteiger partial charge < -0.3 is 9.47 Å². The number of Topliss-reactive ketones (excluding diaryl/α,β-unsaturated/α-hetero) is 1. The lowest BCUT2D eigenvalue weighted by Gasteiger charge is -2.44. The minimum atomic E-state index is -0.285. The molecule has 4 aromatic carbocycles. The summed E-state index contributed by atoms with van der Waals surface area (Å²) in [5.74, 6) is -0.178. The molecule has 40 heavy (non-hydrogen) atoms. The zero-order valence-corrected chi connectivity index (χ0v) is 22.7. The fourth-order valence-corrected chi connectivity index (χ4v) is 6.74. The number of benzene rings is 4. The molecule has 0 bridgehead atoms. The zero-order valence-electron chi connectivity index (χ0n) is 22.7. The summed E-state index contributed by atoms with van der Waals surface area (Å²) in [7, 11) is 0. The number of hydrogen-bond acceptors (Lipinski definition) is 3. The van der Waals surface area contributed by atoms with Gasteiger partial charge in [-0.1, -0.05) is 91.0 Å². The second-order valence-corrected chi connectivity index (χ2v) is 10.5. The van der Waals surface area contributed by atoms with E-state index >= 15 is 0 Å². The van der Waals surface area contributed by atoms with Gasteiger partial charge in [-0.2, -0.15) is 0 Å². The van der Waals surface area contributed by atoms with Crippen LogP contribution in [0.3, 0.4) is 0 Å². The lowest BCUT2D eigenvalue weighted by molar-refractivity contribution is 0.0930. The lowest BCUT2D eigenvalue weighted by Crippen LogP contribution is -2.49. The molecule has 0 radical (unpaired) electrons. The Morgan fingerprint density at radius 3 is 2.15 bits per heavy atom. The van der Waals surface area contributed by atoms with Crippen LogP contribution in [0.4, 0.5) is 5.69 Å². The Bertz CT molecular complexity index is 1920. The van der Waals surface area contributed by atoms with E-state index in [9.17, 15) is 9.59 Å². The topological polar surface area (TPSA) is 42.3 Å². The fraction of sp³-hybridized carbons (Fsp3) is 0.167. The second-order valence-electron chi connectivity index (χ2n) is 10.5. The van der Waals surface area contributed by atoms with Crippen molar-refractivity contribution in [3.05, 3.63) is 131 Å². The van der Waals surface area contributed by atoms with Crippen molar-refractivity contribution in [1.29, 1.82) is 0 Å². The number of para-hydroxylation sites is 1. The second kappa shape index (κ2) is 9.49. The van der Waals surface area contributed by atoms with Crippen LogP contribution in [0.25, 0.3) is 38.5 Å². The quantitative estimate of drug-likeness (QED) is 0.230. The highest BCUT2D eigenvalue weighted by Gasteiger charge is 2.42. The minimum absolute atomic E-state index is 0.00303. The summed E-state index contributed by atoms with van der Waals surface area (Å²) in [6, 6.07) is 30.3. The number of carbonyl (C=O) groups is 1. The number of aromatic nitrogens is 1. The van der Waals surface area contributed by atoms with E-state index in [2.05, 4.69) is 59.7 Å². The van der Waals surface area contributed by atoms with Crippen molar-refractivity contribution >= 4 is 38.8 Å². The molecule has 5 aromatic rings. The van der Waals surface area contributed by atoms with E-state index in [0.717, 1.165) is 45.5 Å². The Labute approximate surface area is 233 Å². The van der Waals surface area contributed by atoms with Crippen LogP contribution in [-0.2, 0) is 6.54 Å². The van der Waals surface area contributed by atoms with E-state index in [0.29, 0.717) is 22.9 Å². The first-order valence-corrected chi connectivity index (χ1v) is 14.1.